The molecular formula is C14H8BrN3O. The van der Waals surface area contributed by atoms with Gasteiger partial charge in [-0.3, -0.25) is 4.79 Å². The molecule has 0 saturated carbocycles. The van der Waals surface area contributed by atoms with Gasteiger partial charge >= 0.3 is 0 Å². The third kappa shape index (κ3) is 2.05. The number of nitriles is 2. The topological polar surface area (TPSA) is 67.9 Å². The summed E-state index contributed by atoms with van der Waals surface area (Å²) >= 11 is 3.33. The summed E-state index contributed by atoms with van der Waals surface area (Å²) in [5.41, 5.74) is 1.27. The minimum absolute atomic E-state index is 0.156. The molecule has 0 aromatic heterocycles. The van der Waals surface area contributed by atoms with Crippen molar-refractivity contribution in [1.82, 2.24) is 0 Å². The second-order valence-electron chi connectivity index (χ2n) is 3.84. The standard InChI is InChI=1S/C14H8BrN3O/c1-2-5-18-12-4-3-10(15)6-11(12)13(14(18)19)9(7-16)8-17/h2-4,6H,1,5H2. The molecule has 1 aliphatic heterocycles. The Morgan fingerprint density at radius 2 is 2.11 bits per heavy atom. The van der Waals surface area contributed by atoms with Crippen LogP contribution in [-0.2, 0) is 4.79 Å². The number of hydrogen-bond donors (Lipinski definition) is 0. The van der Waals surface area contributed by atoms with Crippen molar-refractivity contribution in [2.24, 2.45) is 0 Å². The molecule has 0 N–H and O–H groups in total. The molecule has 0 atom stereocenters. The van der Waals surface area contributed by atoms with Gasteiger partial charge in [0, 0.05) is 16.6 Å². The largest absolute Gasteiger partial charge is 0.304 e. The van der Waals surface area contributed by atoms with Crippen molar-refractivity contribution in [3.05, 3.63) is 46.5 Å². The molecule has 0 bridgehead atoms. The normalized spacial score (nSPS) is 12.7. The molecule has 5 heteroatoms. The molecule has 92 valence electrons. The highest BCUT2D eigenvalue weighted by atomic mass is 79.9. The highest BCUT2D eigenvalue weighted by molar-refractivity contribution is 9.10. The van der Waals surface area contributed by atoms with Gasteiger partial charge in [-0.2, -0.15) is 10.5 Å². The summed E-state index contributed by atoms with van der Waals surface area (Å²) in [5, 5.41) is 18.0. The second kappa shape index (κ2) is 5.09. The number of allylic oxidation sites excluding steroid dienone is 1. The van der Waals surface area contributed by atoms with Crippen molar-refractivity contribution >= 4 is 33.1 Å². The van der Waals surface area contributed by atoms with Gasteiger partial charge in [-0.25, -0.2) is 0 Å². The lowest BCUT2D eigenvalue weighted by Gasteiger charge is -2.14. The van der Waals surface area contributed by atoms with Crippen molar-refractivity contribution in [3.63, 3.8) is 0 Å². The highest BCUT2D eigenvalue weighted by Gasteiger charge is 2.34. The van der Waals surface area contributed by atoms with Gasteiger partial charge in [0.25, 0.3) is 5.91 Å². The molecule has 0 spiro atoms. The number of hydrogen-bond acceptors (Lipinski definition) is 3. The van der Waals surface area contributed by atoms with E-state index in [-0.39, 0.29) is 17.1 Å². The molecule has 2 rings (SSSR count). The number of benzene rings is 1. The lowest BCUT2D eigenvalue weighted by Crippen LogP contribution is -2.26. The van der Waals surface area contributed by atoms with Crippen molar-refractivity contribution in [3.8, 4) is 12.1 Å². The number of halogens is 1. The third-order valence-electron chi connectivity index (χ3n) is 2.76. The molecule has 0 fully saturated rings. The fourth-order valence-corrected chi connectivity index (χ4v) is 2.35. The smallest absolute Gasteiger partial charge is 0.261 e. The molecule has 1 amide bonds. The zero-order chi connectivity index (χ0) is 14.0. The Morgan fingerprint density at radius 1 is 1.42 bits per heavy atom. The molecule has 0 aliphatic carbocycles. The maximum atomic E-state index is 12.3. The molecule has 1 aromatic rings. The van der Waals surface area contributed by atoms with Crippen LogP contribution in [-0.4, -0.2) is 12.5 Å². The lowest BCUT2D eigenvalue weighted by molar-refractivity contribution is -0.112. The van der Waals surface area contributed by atoms with E-state index in [1.807, 2.05) is 6.07 Å². The van der Waals surface area contributed by atoms with Crippen molar-refractivity contribution in [2.75, 3.05) is 11.4 Å². The van der Waals surface area contributed by atoms with E-state index in [0.29, 0.717) is 17.8 Å². The maximum Gasteiger partial charge on any atom is 0.261 e. The Bertz CT molecular complexity index is 676. The summed E-state index contributed by atoms with van der Waals surface area (Å²) < 4.78 is 0.784. The minimum Gasteiger partial charge on any atom is -0.304 e. The first kappa shape index (κ1) is 13.1. The fraction of sp³-hybridized carbons (Fsp3) is 0.0714. The van der Waals surface area contributed by atoms with E-state index >= 15 is 0 Å². The van der Waals surface area contributed by atoms with Crippen LogP contribution >= 0.6 is 15.9 Å². The first-order valence-electron chi connectivity index (χ1n) is 5.41. The van der Waals surface area contributed by atoms with Gasteiger partial charge in [0.1, 0.15) is 17.7 Å². The van der Waals surface area contributed by atoms with Gasteiger partial charge in [-0.1, -0.05) is 22.0 Å². The molecule has 0 unspecified atom stereocenters. The van der Waals surface area contributed by atoms with Gasteiger partial charge in [0.05, 0.1) is 11.3 Å². The van der Waals surface area contributed by atoms with Crippen molar-refractivity contribution in [2.45, 2.75) is 0 Å². The van der Waals surface area contributed by atoms with E-state index in [0.717, 1.165) is 4.47 Å². The SMILES string of the molecule is C=CCN1C(=O)C(=C(C#N)C#N)c2cc(Br)ccc21. The second-order valence-corrected chi connectivity index (χ2v) is 4.76. The van der Waals surface area contributed by atoms with Crippen LogP contribution in [0.15, 0.2) is 40.9 Å². The number of rotatable bonds is 2. The number of anilines is 1. The van der Waals surface area contributed by atoms with Crippen LogP contribution < -0.4 is 4.90 Å². The average Bonchev–Trinajstić information content (AvgIpc) is 2.66. The molecule has 19 heavy (non-hydrogen) atoms. The van der Waals surface area contributed by atoms with Crippen LogP contribution in [0, 0.1) is 22.7 Å². The molecule has 1 heterocycles. The van der Waals surface area contributed by atoms with Gasteiger partial charge in [-0.15, -0.1) is 6.58 Å². The summed E-state index contributed by atoms with van der Waals surface area (Å²) in [6.07, 6.45) is 1.60. The van der Waals surface area contributed by atoms with Gasteiger partial charge < -0.3 is 4.90 Å². The monoisotopic (exact) mass is 313 g/mol. The Balaban J connectivity index is 2.75. The van der Waals surface area contributed by atoms with E-state index in [1.54, 1.807) is 30.3 Å². The number of amides is 1. The molecule has 0 radical (unpaired) electrons. The predicted molar refractivity (Wildman–Crippen MR) is 74.8 cm³/mol. The zero-order valence-corrected chi connectivity index (χ0v) is 11.4. The average molecular weight is 314 g/mol. The first-order valence-corrected chi connectivity index (χ1v) is 6.20. The molecule has 1 aromatic carbocycles. The Hall–Kier alpha value is -2.37. The van der Waals surface area contributed by atoms with Crippen LogP contribution in [0.2, 0.25) is 0 Å². The third-order valence-corrected chi connectivity index (χ3v) is 3.26. The van der Waals surface area contributed by atoms with Crippen LogP contribution in [0.1, 0.15) is 5.56 Å². The van der Waals surface area contributed by atoms with Crippen molar-refractivity contribution < 1.29 is 4.79 Å². The van der Waals surface area contributed by atoms with Crippen LogP contribution in [0.25, 0.3) is 5.57 Å². The minimum atomic E-state index is -0.342. The van der Waals surface area contributed by atoms with Crippen LogP contribution in [0.5, 0.6) is 0 Å². The molecule has 1 aliphatic rings. The van der Waals surface area contributed by atoms with Gasteiger partial charge in [0.15, 0.2) is 0 Å². The lowest BCUT2D eigenvalue weighted by atomic mass is 10.0. The zero-order valence-electron chi connectivity index (χ0n) is 9.85. The summed E-state index contributed by atoms with van der Waals surface area (Å²) in [6, 6.07) is 8.88. The number of carbonyl (C=O) groups excluding carboxylic acids is 1. The number of fused-ring (bicyclic) bond motifs is 1. The quantitative estimate of drug-likeness (QED) is 0.479. The van der Waals surface area contributed by atoms with E-state index in [4.69, 9.17) is 10.5 Å². The predicted octanol–water partition coefficient (Wildman–Crippen LogP) is 2.78. The van der Waals surface area contributed by atoms with E-state index in [2.05, 4.69) is 22.5 Å². The summed E-state index contributed by atoms with van der Waals surface area (Å²) in [7, 11) is 0. The highest BCUT2D eigenvalue weighted by Crippen LogP contribution is 2.39. The Morgan fingerprint density at radius 3 is 2.68 bits per heavy atom. The summed E-state index contributed by atoms with van der Waals surface area (Å²) in [5.74, 6) is -0.342. The number of nitrogens with zero attached hydrogens (tertiary/aromatic N) is 3. The first-order chi connectivity index (χ1) is 9.13. The number of carbonyl (C=O) groups is 1. The fourth-order valence-electron chi connectivity index (χ4n) is 1.99. The van der Waals surface area contributed by atoms with Crippen LogP contribution in [0.3, 0.4) is 0 Å². The van der Waals surface area contributed by atoms with Gasteiger partial charge in [-0.05, 0) is 18.2 Å². The van der Waals surface area contributed by atoms with E-state index < -0.39 is 0 Å². The Labute approximate surface area is 119 Å². The van der Waals surface area contributed by atoms with Gasteiger partial charge in [0.2, 0.25) is 0 Å². The van der Waals surface area contributed by atoms with E-state index in [9.17, 15) is 4.79 Å². The molecular weight excluding hydrogens is 306 g/mol. The molecule has 0 saturated heterocycles. The maximum absolute atomic E-state index is 12.3. The summed E-state index contributed by atoms with van der Waals surface area (Å²) in [4.78, 5) is 13.8. The summed E-state index contributed by atoms with van der Waals surface area (Å²) in [6.45, 7) is 3.94. The van der Waals surface area contributed by atoms with E-state index in [1.165, 1.54) is 4.90 Å². The van der Waals surface area contributed by atoms with Crippen LogP contribution in [0.4, 0.5) is 5.69 Å². The molecule has 4 nitrogen and oxygen atoms in total. The Kier molecular flexibility index (Phi) is 3.50. The van der Waals surface area contributed by atoms with Crippen molar-refractivity contribution in [1.29, 1.82) is 10.5 Å².